The lowest BCUT2D eigenvalue weighted by atomic mass is 9.63. The summed E-state index contributed by atoms with van der Waals surface area (Å²) in [5.41, 5.74) is 3.93. The van der Waals surface area contributed by atoms with Gasteiger partial charge in [-0.1, -0.05) is 24.3 Å². The molecule has 2 N–H and O–H groups in total. The van der Waals surface area contributed by atoms with Gasteiger partial charge in [0.25, 0.3) is 0 Å². The van der Waals surface area contributed by atoms with Gasteiger partial charge in [0.05, 0.1) is 0 Å². The maximum atomic E-state index is 9.68. The van der Waals surface area contributed by atoms with Gasteiger partial charge in [-0.05, 0) is 71.6 Å². The second-order valence-corrected chi connectivity index (χ2v) is 7.54. The lowest BCUT2D eigenvalue weighted by Crippen LogP contribution is -2.32. The van der Waals surface area contributed by atoms with E-state index in [-0.39, 0.29) is 5.41 Å². The van der Waals surface area contributed by atoms with Crippen LogP contribution in [0.25, 0.3) is 0 Å². The highest BCUT2D eigenvalue weighted by molar-refractivity contribution is 8.03. The van der Waals surface area contributed by atoms with Crippen molar-refractivity contribution in [2.45, 2.75) is 31.1 Å². The fourth-order valence-corrected chi connectivity index (χ4v) is 5.43. The number of allylic oxidation sites excluding steroid dienone is 2. The average molecular weight is 324 g/mol. The van der Waals surface area contributed by atoms with Crippen molar-refractivity contribution in [1.29, 1.82) is 0 Å². The Morgan fingerprint density at radius 3 is 1.91 bits per heavy atom. The Kier molecular flexibility index (Phi) is 3.61. The van der Waals surface area contributed by atoms with Crippen LogP contribution in [0.4, 0.5) is 0 Å². The van der Waals surface area contributed by atoms with Crippen molar-refractivity contribution in [3.63, 3.8) is 0 Å². The molecule has 0 fully saturated rings. The summed E-state index contributed by atoms with van der Waals surface area (Å²) < 4.78 is 0. The summed E-state index contributed by atoms with van der Waals surface area (Å²) in [7, 11) is 0. The molecule has 1 aliphatic carbocycles. The fraction of sp³-hybridized carbons (Fsp3) is 0.300. The van der Waals surface area contributed by atoms with Gasteiger partial charge in [0.2, 0.25) is 0 Å². The average Bonchev–Trinajstić information content (AvgIpc) is 3.05. The first-order valence-corrected chi connectivity index (χ1v) is 9.13. The van der Waals surface area contributed by atoms with E-state index in [1.165, 1.54) is 29.7 Å². The van der Waals surface area contributed by atoms with Gasteiger partial charge in [-0.15, -0.1) is 11.8 Å². The number of phenolic OH excluding ortho intramolecular Hbond substituents is 2. The van der Waals surface area contributed by atoms with Crippen molar-refractivity contribution in [2.75, 3.05) is 5.75 Å². The third kappa shape index (κ3) is 2.34. The van der Waals surface area contributed by atoms with Gasteiger partial charge in [-0.25, -0.2) is 0 Å². The Morgan fingerprint density at radius 2 is 1.35 bits per heavy atom. The lowest BCUT2D eigenvalue weighted by Gasteiger charge is -2.40. The first-order valence-electron chi connectivity index (χ1n) is 8.14. The number of benzene rings is 2. The molecular weight excluding hydrogens is 304 g/mol. The summed E-state index contributed by atoms with van der Waals surface area (Å²) in [6.07, 6.45) is 4.58. The summed E-state index contributed by atoms with van der Waals surface area (Å²) in [5, 5.41) is 19.4. The van der Waals surface area contributed by atoms with Crippen LogP contribution in [0.3, 0.4) is 0 Å². The lowest BCUT2D eigenvalue weighted by molar-refractivity contribution is 0.466. The minimum atomic E-state index is -0.113. The Balaban J connectivity index is 1.95. The minimum absolute atomic E-state index is 0.113. The van der Waals surface area contributed by atoms with Crippen LogP contribution in [-0.4, -0.2) is 16.0 Å². The monoisotopic (exact) mass is 324 g/mol. The molecule has 0 saturated carbocycles. The van der Waals surface area contributed by atoms with Crippen molar-refractivity contribution in [2.24, 2.45) is 0 Å². The van der Waals surface area contributed by atoms with Crippen molar-refractivity contribution in [3.05, 3.63) is 70.1 Å². The van der Waals surface area contributed by atoms with Crippen LogP contribution in [0.1, 0.15) is 36.8 Å². The summed E-state index contributed by atoms with van der Waals surface area (Å²) >= 11 is 2.01. The molecular formula is C20H20O2S. The summed E-state index contributed by atoms with van der Waals surface area (Å²) in [6.45, 7) is 0. The highest BCUT2D eigenvalue weighted by atomic mass is 32.2. The predicted octanol–water partition coefficient (Wildman–Crippen LogP) is 4.96. The molecule has 0 saturated heterocycles. The fourth-order valence-electron chi connectivity index (χ4n) is 4.14. The molecule has 4 rings (SSSR count). The molecule has 118 valence electrons. The molecule has 3 heteroatoms. The highest BCUT2D eigenvalue weighted by Gasteiger charge is 2.43. The van der Waals surface area contributed by atoms with Crippen molar-refractivity contribution >= 4 is 11.8 Å². The molecule has 0 radical (unpaired) electrons. The molecule has 23 heavy (non-hydrogen) atoms. The number of aromatic hydroxyl groups is 2. The van der Waals surface area contributed by atoms with Gasteiger partial charge in [0.15, 0.2) is 0 Å². The second kappa shape index (κ2) is 5.64. The molecule has 0 bridgehead atoms. The standard InChI is InChI=1S/C20H20O2S/c21-16-7-3-14(4-8-16)20(15-5-9-17(22)10-6-15)12-1-2-19-18(20)11-13-23-19/h3-10,21-22H,1-2,11-13H2. The summed E-state index contributed by atoms with van der Waals surface area (Å²) in [6, 6.07) is 15.4. The van der Waals surface area contributed by atoms with Crippen LogP contribution in [0, 0.1) is 0 Å². The zero-order chi connectivity index (χ0) is 15.9. The number of hydrogen-bond acceptors (Lipinski definition) is 3. The normalized spacial score (nSPS) is 19.7. The smallest absolute Gasteiger partial charge is 0.115 e. The molecule has 1 heterocycles. The van der Waals surface area contributed by atoms with E-state index in [1.54, 1.807) is 34.7 Å². The van der Waals surface area contributed by atoms with Gasteiger partial charge >= 0.3 is 0 Å². The van der Waals surface area contributed by atoms with Gasteiger partial charge < -0.3 is 10.2 Å². The van der Waals surface area contributed by atoms with Crippen molar-refractivity contribution < 1.29 is 10.2 Å². The van der Waals surface area contributed by atoms with Crippen molar-refractivity contribution in [1.82, 2.24) is 0 Å². The zero-order valence-electron chi connectivity index (χ0n) is 13.0. The summed E-state index contributed by atoms with van der Waals surface area (Å²) in [5.74, 6) is 1.78. The SMILES string of the molecule is Oc1ccc(C2(c3ccc(O)cc3)CCCC3=C2CCS3)cc1. The molecule has 2 nitrogen and oxygen atoms in total. The van der Waals surface area contributed by atoms with E-state index >= 15 is 0 Å². The first-order chi connectivity index (χ1) is 11.2. The van der Waals surface area contributed by atoms with Gasteiger partial charge in [0.1, 0.15) is 11.5 Å². The Morgan fingerprint density at radius 1 is 0.783 bits per heavy atom. The van der Waals surface area contributed by atoms with E-state index < -0.39 is 0 Å². The Hall–Kier alpha value is -1.87. The van der Waals surface area contributed by atoms with Crippen LogP contribution in [-0.2, 0) is 5.41 Å². The van der Waals surface area contributed by atoms with Gasteiger partial charge in [0, 0.05) is 11.2 Å². The van der Waals surface area contributed by atoms with Crippen LogP contribution < -0.4 is 0 Å². The predicted molar refractivity (Wildman–Crippen MR) is 94.9 cm³/mol. The summed E-state index contributed by atoms with van der Waals surface area (Å²) in [4.78, 5) is 1.55. The largest absolute Gasteiger partial charge is 0.508 e. The molecule has 2 aliphatic rings. The topological polar surface area (TPSA) is 40.5 Å². The molecule has 2 aromatic carbocycles. The van der Waals surface area contributed by atoms with Crippen LogP contribution in [0.2, 0.25) is 0 Å². The van der Waals surface area contributed by atoms with Gasteiger partial charge in [-0.2, -0.15) is 0 Å². The van der Waals surface area contributed by atoms with E-state index in [2.05, 4.69) is 24.3 Å². The zero-order valence-corrected chi connectivity index (χ0v) is 13.8. The molecule has 2 aromatic rings. The number of thioether (sulfide) groups is 1. The van der Waals surface area contributed by atoms with Crippen LogP contribution >= 0.6 is 11.8 Å². The Labute approximate surface area is 140 Å². The highest BCUT2D eigenvalue weighted by Crippen LogP contribution is 2.55. The van der Waals surface area contributed by atoms with E-state index in [9.17, 15) is 10.2 Å². The molecule has 0 atom stereocenters. The second-order valence-electron chi connectivity index (χ2n) is 6.35. The first kappa shape index (κ1) is 14.7. The Bertz CT molecular complexity index is 699. The number of rotatable bonds is 2. The third-order valence-corrected chi connectivity index (χ3v) is 6.36. The van der Waals surface area contributed by atoms with E-state index in [0.717, 1.165) is 12.8 Å². The maximum absolute atomic E-state index is 9.68. The van der Waals surface area contributed by atoms with E-state index in [4.69, 9.17) is 0 Å². The van der Waals surface area contributed by atoms with Crippen molar-refractivity contribution in [3.8, 4) is 11.5 Å². The van der Waals surface area contributed by atoms with Gasteiger partial charge in [-0.3, -0.25) is 0 Å². The molecule has 1 aliphatic heterocycles. The quantitative estimate of drug-likeness (QED) is 0.820. The molecule has 0 unspecified atom stereocenters. The number of phenols is 2. The maximum Gasteiger partial charge on any atom is 0.115 e. The van der Waals surface area contributed by atoms with E-state index in [0.29, 0.717) is 11.5 Å². The van der Waals surface area contributed by atoms with Crippen LogP contribution in [0.5, 0.6) is 11.5 Å². The third-order valence-electron chi connectivity index (χ3n) is 5.16. The minimum Gasteiger partial charge on any atom is -0.508 e. The molecule has 0 aromatic heterocycles. The molecule has 0 amide bonds. The van der Waals surface area contributed by atoms with E-state index in [1.807, 2.05) is 11.8 Å². The number of hydrogen-bond donors (Lipinski definition) is 2. The molecule has 0 spiro atoms. The van der Waals surface area contributed by atoms with Crippen LogP contribution in [0.15, 0.2) is 59.0 Å².